The molecule has 0 spiro atoms. The number of ether oxygens (including phenoxy) is 1. The average Bonchev–Trinajstić information content (AvgIpc) is 3.10. The van der Waals surface area contributed by atoms with Gasteiger partial charge in [0.15, 0.2) is 0 Å². The molecule has 0 aliphatic carbocycles. The maximum atomic E-state index is 12.0. The van der Waals surface area contributed by atoms with Crippen LogP contribution in [0.1, 0.15) is 17.3 Å². The number of carbonyl (C=O) groups excluding carboxylic acids is 1. The number of benzene rings is 1. The lowest BCUT2D eigenvalue weighted by Gasteiger charge is -2.10. The number of aromatic nitrogens is 2. The molecule has 0 bridgehead atoms. The van der Waals surface area contributed by atoms with Crippen LogP contribution in [0.25, 0.3) is 5.69 Å². The molecule has 0 fully saturated rings. The van der Waals surface area contributed by atoms with Gasteiger partial charge in [-0.3, -0.25) is 5.43 Å². The van der Waals surface area contributed by atoms with Crippen LogP contribution in [0.5, 0.6) is 0 Å². The third kappa shape index (κ3) is 3.71. The van der Waals surface area contributed by atoms with E-state index in [0.717, 1.165) is 0 Å². The number of nitriles is 2. The molecule has 8 heteroatoms. The van der Waals surface area contributed by atoms with Crippen LogP contribution in [0.15, 0.2) is 41.8 Å². The van der Waals surface area contributed by atoms with E-state index < -0.39 is 5.97 Å². The Labute approximate surface area is 132 Å². The van der Waals surface area contributed by atoms with Gasteiger partial charge in [0, 0.05) is 12.4 Å². The van der Waals surface area contributed by atoms with E-state index in [0.29, 0.717) is 11.4 Å². The van der Waals surface area contributed by atoms with Crippen molar-refractivity contribution in [3.05, 3.63) is 42.2 Å². The topological polar surface area (TPSA) is 116 Å². The second-order valence-electron chi connectivity index (χ2n) is 4.20. The smallest absolute Gasteiger partial charge is 0.340 e. The van der Waals surface area contributed by atoms with Crippen molar-refractivity contribution in [1.82, 2.24) is 9.78 Å². The van der Waals surface area contributed by atoms with E-state index in [1.807, 2.05) is 0 Å². The lowest BCUT2D eigenvalue weighted by Crippen LogP contribution is -2.09. The first-order chi connectivity index (χ1) is 11.2. The third-order valence-electron chi connectivity index (χ3n) is 2.77. The van der Waals surface area contributed by atoms with E-state index in [1.165, 1.54) is 0 Å². The lowest BCUT2D eigenvalue weighted by atomic mass is 10.1. The van der Waals surface area contributed by atoms with Crippen molar-refractivity contribution in [2.45, 2.75) is 6.92 Å². The van der Waals surface area contributed by atoms with Gasteiger partial charge in [-0.05, 0) is 31.2 Å². The molecule has 0 unspecified atom stereocenters. The van der Waals surface area contributed by atoms with Crippen LogP contribution in [0.3, 0.4) is 0 Å². The van der Waals surface area contributed by atoms with E-state index in [1.54, 1.807) is 60.4 Å². The summed E-state index contributed by atoms with van der Waals surface area (Å²) < 4.78 is 6.58. The molecule has 0 atom stereocenters. The maximum absolute atomic E-state index is 12.0. The third-order valence-corrected chi connectivity index (χ3v) is 2.77. The number of rotatable bonds is 5. The Balaban J connectivity index is 2.43. The first kappa shape index (κ1) is 15.7. The molecule has 0 amide bonds. The summed E-state index contributed by atoms with van der Waals surface area (Å²) in [6.45, 7) is 1.93. The highest BCUT2D eigenvalue weighted by Crippen LogP contribution is 2.21. The van der Waals surface area contributed by atoms with Gasteiger partial charge in [-0.1, -0.05) is 0 Å². The second kappa shape index (κ2) is 7.38. The molecule has 1 N–H and O–H groups in total. The molecule has 23 heavy (non-hydrogen) atoms. The van der Waals surface area contributed by atoms with E-state index >= 15 is 0 Å². The normalized spacial score (nSPS) is 9.35. The van der Waals surface area contributed by atoms with Crippen LogP contribution < -0.4 is 5.43 Å². The fraction of sp³-hybridized carbons (Fsp3) is 0.133. The minimum absolute atomic E-state index is 0.226. The van der Waals surface area contributed by atoms with Crippen molar-refractivity contribution in [3.8, 4) is 17.8 Å². The summed E-state index contributed by atoms with van der Waals surface area (Å²) in [6.07, 6.45) is 3.36. The molecule has 0 saturated heterocycles. The van der Waals surface area contributed by atoms with Crippen molar-refractivity contribution in [1.29, 1.82) is 10.5 Å². The Morgan fingerprint density at radius 2 is 2.22 bits per heavy atom. The number of hydrogen-bond acceptors (Lipinski definition) is 7. The predicted octanol–water partition coefficient (Wildman–Crippen LogP) is 1.86. The van der Waals surface area contributed by atoms with Crippen molar-refractivity contribution in [3.63, 3.8) is 0 Å². The number of nitrogens with zero attached hydrogens (tertiary/aromatic N) is 5. The second-order valence-corrected chi connectivity index (χ2v) is 4.20. The maximum Gasteiger partial charge on any atom is 0.340 e. The van der Waals surface area contributed by atoms with E-state index in [9.17, 15) is 4.79 Å². The monoisotopic (exact) mass is 308 g/mol. The molecule has 2 aromatic rings. The molecule has 1 heterocycles. The largest absolute Gasteiger partial charge is 0.462 e. The lowest BCUT2D eigenvalue weighted by molar-refractivity contribution is 0.0527. The molecule has 0 saturated carbocycles. The first-order valence-electron chi connectivity index (χ1n) is 6.64. The van der Waals surface area contributed by atoms with Crippen molar-refractivity contribution in [2.75, 3.05) is 12.0 Å². The van der Waals surface area contributed by atoms with Crippen LogP contribution in [-0.4, -0.2) is 28.1 Å². The highest BCUT2D eigenvalue weighted by Gasteiger charge is 2.14. The number of hydrazone groups is 1. The standard InChI is InChI=1S/C15H12N6O2/c1-2-23-15(22)13-5-4-12(21-7-3-6-18-21)8-14(13)20-19-11(9-16)10-17/h3-8,20H,2H2,1H3. The average molecular weight is 308 g/mol. The zero-order chi connectivity index (χ0) is 16.7. The molecule has 0 radical (unpaired) electrons. The van der Waals surface area contributed by atoms with Gasteiger partial charge >= 0.3 is 5.97 Å². The number of hydrogen-bond donors (Lipinski definition) is 1. The van der Waals surface area contributed by atoms with Gasteiger partial charge in [0.25, 0.3) is 0 Å². The Bertz CT molecular complexity index is 795. The zero-order valence-electron chi connectivity index (χ0n) is 12.2. The summed E-state index contributed by atoms with van der Waals surface area (Å²) in [4.78, 5) is 12.0. The van der Waals surface area contributed by atoms with Gasteiger partial charge in [0.1, 0.15) is 12.1 Å². The Kier molecular flexibility index (Phi) is 5.05. The molecule has 8 nitrogen and oxygen atoms in total. The summed E-state index contributed by atoms with van der Waals surface area (Å²) in [7, 11) is 0. The molecule has 0 aliphatic heterocycles. The quantitative estimate of drug-likeness (QED) is 0.512. The van der Waals surface area contributed by atoms with Crippen LogP contribution in [-0.2, 0) is 4.74 Å². The van der Waals surface area contributed by atoms with E-state index in [2.05, 4.69) is 15.6 Å². The number of anilines is 1. The Morgan fingerprint density at radius 3 is 2.83 bits per heavy atom. The van der Waals surface area contributed by atoms with Gasteiger partial charge in [-0.2, -0.15) is 20.7 Å². The number of nitrogens with one attached hydrogen (secondary N) is 1. The minimum atomic E-state index is -0.535. The van der Waals surface area contributed by atoms with E-state index in [4.69, 9.17) is 15.3 Å². The van der Waals surface area contributed by atoms with Gasteiger partial charge in [0.05, 0.1) is 23.5 Å². The highest BCUT2D eigenvalue weighted by atomic mass is 16.5. The van der Waals surface area contributed by atoms with Crippen LogP contribution in [0.4, 0.5) is 5.69 Å². The van der Waals surface area contributed by atoms with Gasteiger partial charge in [-0.25, -0.2) is 9.48 Å². The molecule has 1 aromatic heterocycles. The molecule has 114 valence electrons. The van der Waals surface area contributed by atoms with Gasteiger partial charge < -0.3 is 4.74 Å². The summed E-state index contributed by atoms with van der Waals surface area (Å²) in [6, 6.07) is 9.90. The van der Waals surface area contributed by atoms with Crippen LogP contribution in [0.2, 0.25) is 0 Å². The van der Waals surface area contributed by atoms with Crippen LogP contribution in [0, 0.1) is 22.7 Å². The van der Waals surface area contributed by atoms with Gasteiger partial charge in [0.2, 0.25) is 5.71 Å². The van der Waals surface area contributed by atoms with Crippen LogP contribution >= 0.6 is 0 Å². The fourth-order valence-electron chi connectivity index (χ4n) is 1.77. The summed E-state index contributed by atoms with van der Waals surface area (Å²) >= 11 is 0. The molecular weight excluding hydrogens is 296 g/mol. The summed E-state index contributed by atoms with van der Waals surface area (Å²) in [5, 5.41) is 25.2. The number of carbonyl (C=O) groups is 1. The first-order valence-corrected chi connectivity index (χ1v) is 6.64. The molecular formula is C15H12N6O2. The fourth-order valence-corrected chi connectivity index (χ4v) is 1.77. The molecule has 0 aliphatic rings. The van der Waals surface area contributed by atoms with Crippen molar-refractivity contribution in [2.24, 2.45) is 5.10 Å². The zero-order valence-corrected chi connectivity index (χ0v) is 12.2. The van der Waals surface area contributed by atoms with E-state index in [-0.39, 0.29) is 17.9 Å². The SMILES string of the molecule is CCOC(=O)c1ccc(-n2cccn2)cc1NN=C(C#N)C#N. The minimum Gasteiger partial charge on any atom is -0.462 e. The van der Waals surface area contributed by atoms with Crippen molar-refractivity contribution < 1.29 is 9.53 Å². The van der Waals surface area contributed by atoms with Gasteiger partial charge in [-0.15, -0.1) is 0 Å². The summed E-state index contributed by atoms with van der Waals surface area (Å²) in [5.41, 5.74) is 3.42. The molecule has 2 rings (SSSR count). The predicted molar refractivity (Wildman–Crippen MR) is 81.8 cm³/mol. The highest BCUT2D eigenvalue weighted by molar-refractivity contribution is 6.10. The Morgan fingerprint density at radius 1 is 1.43 bits per heavy atom. The number of esters is 1. The Hall–Kier alpha value is -3.65. The molecule has 1 aromatic carbocycles. The van der Waals surface area contributed by atoms with Crippen molar-refractivity contribution >= 4 is 17.4 Å². The summed E-state index contributed by atoms with van der Waals surface area (Å²) in [5.74, 6) is -0.535.